The largest absolute Gasteiger partial charge is 0.480 e. The Bertz CT molecular complexity index is 737. The fourth-order valence-corrected chi connectivity index (χ4v) is 2.02. The van der Waals surface area contributed by atoms with E-state index in [9.17, 15) is 0 Å². The maximum absolute atomic E-state index is 5.89. The second-order valence-corrected chi connectivity index (χ2v) is 4.10. The lowest BCUT2D eigenvalue weighted by Gasteiger charge is -2.08. The smallest absolute Gasteiger partial charge is 0.236 e. The van der Waals surface area contributed by atoms with Crippen LogP contribution in [0.15, 0.2) is 42.7 Å². The quantitative estimate of drug-likeness (QED) is 0.757. The van der Waals surface area contributed by atoms with Crippen LogP contribution in [0.1, 0.15) is 0 Å². The Morgan fingerprint density at radius 3 is 2.79 bits per heavy atom. The van der Waals surface area contributed by atoms with Crippen molar-refractivity contribution in [2.75, 3.05) is 12.8 Å². The number of aromatic nitrogens is 3. The zero-order valence-electron chi connectivity index (χ0n) is 10.4. The third-order valence-electron chi connectivity index (χ3n) is 2.93. The maximum atomic E-state index is 5.89. The Hall–Kier alpha value is -2.69. The molecular formula is C14H12N4O. The van der Waals surface area contributed by atoms with E-state index in [4.69, 9.17) is 10.5 Å². The minimum atomic E-state index is 0.426. The highest BCUT2D eigenvalue weighted by molar-refractivity contribution is 5.93. The zero-order chi connectivity index (χ0) is 13.2. The van der Waals surface area contributed by atoms with Crippen molar-refractivity contribution in [1.29, 1.82) is 0 Å². The molecule has 5 heteroatoms. The van der Waals surface area contributed by atoms with Gasteiger partial charge in [-0.2, -0.15) is 10.2 Å². The van der Waals surface area contributed by atoms with E-state index in [-0.39, 0.29) is 0 Å². The van der Waals surface area contributed by atoms with Gasteiger partial charge in [0.05, 0.1) is 24.5 Å². The van der Waals surface area contributed by atoms with E-state index >= 15 is 0 Å². The molecule has 0 fully saturated rings. The Labute approximate surface area is 110 Å². The van der Waals surface area contributed by atoms with Gasteiger partial charge in [-0.3, -0.25) is 0 Å². The topological polar surface area (TPSA) is 73.9 Å². The molecule has 3 aromatic rings. The number of pyridine rings is 1. The Kier molecular flexibility index (Phi) is 2.72. The molecule has 1 aromatic carbocycles. The summed E-state index contributed by atoms with van der Waals surface area (Å²) >= 11 is 0. The molecule has 3 rings (SSSR count). The lowest BCUT2D eigenvalue weighted by atomic mass is 10.0. The highest BCUT2D eigenvalue weighted by atomic mass is 16.5. The van der Waals surface area contributed by atoms with Crippen molar-refractivity contribution in [3.05, 3.63) is 42.7 Å². The van der Waals surface area contributed by atoms with Crippen LogP contribution < -0.4 is 10.5 Å². The molecule has 0 atom stereocenters. The van der Waals surface area contributed by atoms with Crippen molar-refractivity contribution < 1.29 is 4.74 Å². The van der Waals surface area contributed by atoms with Crippen molar-refractivity contribution in [3.63, 3.8) is 0 Å². The van der Waals surface area contributed by atoms with Crippen LogP contribution in [0.25, 0.3) is 22.0 Å². The fraction of sp³-hybridized carbons (Fsp3) is 0.0714. The van der Waals surface area contributed by atoms with E-state index in [1.807, 2.05) is 30.3 Å². The summed E-state index contributed by atoms with van der Waals surface area (Å²) in [5.74, 6) is 0.426. The summed E-state index contributed by atoms with van der Waals surface area (Å²) in [7, 11) is 1.54. The van der Waals surface area contributed by atoms with Gasteiger partial charge in [-0.25, -0.2) is 4.98 Å². The second-order valence-electron chi connectivity index (χ2n) is 4.10. The summed E-state index contributed by atoms with van der Waals surface area (Å²) in [6.45, 7) is 0. The second kappa shape index (κ2) is 4.53. The minimum absolute atomic E-state index is 0.426. The zero-order valence-corrected chi connectivity index (χ0v) is 10.4. The van der Waals surface area contributed by atoms with E-state index in [1.54, 1.807) is 19.5 Å². The summed E-state index contributed by atoms with van der Waals surface area (Å²) < 4.78 is 5.06. The maximum Gasteiger partial charge on any atom is 0.236 e. The lowest BCUT2D eigenvalue weighted by molar-refractivity contribution is 0.400. The molecule has 0 aliphatic rings. The third-order valence-corrected chi connectivity index (χ3v) is 2.93. The van der Waals surface area contributed by atoms with Crippen molar-refractivity contribution >= 4 is 16.6 Å². The van der Waals surface area contributed by atoms with Gasteiger partial charge < -0.3 is 10.5 Å². The molecule has 0 aliphatic carbocycles. The van der Waals surface area contributed by atoms with Gasteiger partial charge in [0, 0.05) is 22.7 Å². The van der Waals surface area contributed by atoms with E-state index in [0.717, 1.165) is 22.0 Å². The molecule has 19 heavy (non-hydrogen) atoms. The molecule has 0 saturated heterocycles. The van der Waals surface area contributed by atoms with Gasteiger partial charge in [0.2, 0.25) is 5.88 Å². The van der Waals surface area contributed by atoms with E-state index in [1.165, 1.54) is 0 Å². The lowest BCUT2D eigenvalue weighted by Crippen LogP contribution is -1.96. The molecule has 0 unspecified atom stereocenters. The molecule has 0 radical (unpaired) electrons. The Balaban J connectivity index is 2.22. The Morgan fingerprint density at radius 1 is 1.16 bits per heavy atom. The number of benzene rings is 1. The molecule has 0 aliphatic heterocycles. The molecule has 2 aromatic heterocycles. The van der Waals surface area contributed by atoms with Crippen LogP contribution in [0, 0.1) is 0 Å². The number of nitrogens with zero attached hydrogens (tertiary/aromatic N) is 3. The molecule has 5 nitrogen and oxygen atoms in total. The molecule has 0 amide bonds. The highest BCUT2D eigenvalue weighted by Gasteiger charge is 2.08. The van der Waals surface area contributed by atoms with Gasteiger partial charge in [-0.1, -0.05) is 18.2 Å². The highest BCUT2D eigenvalue weighted by Crippen LogP contribution is 2.29. The number of methoxy groups -OCH3 is 1. The van der Waals surface area contributed by atoms with Gasteiger partial charge >= 0.3 is 0 Å². The molecule has 2 N–H and O–H groups in total. The summed E-state index contributed by atoms with van der Waals surface area (Å²) in [6, 6.07) is 9.65. The third kappa shape index (κ3) is 1.95. The number of anilines is 1. The average molecular weight is 252 g/mol. The average Bonchev–Trinajstić information content (AvgIpc) is 2.46. The monoisotopic (exact) mass is 252 g/mol. The molecule has 0 bridgehead atoms. The molecule has 2 heterocycles. The van der Waals surface area contributed by atoms with Crippen LogP contribution in [0.5, 0.6) is 5.88 Å². The van der Waals surface area contributed by atoms with Crippen LogP contribution >= 0.6 is 0 Å². The first kappa shape index (κ1) is 11.4. The van der Waals surface area contributed by atoms with Crippen LogP contribution in [-0.2, 0) is 0 Å². The number of nitrogens with two attached hydrogens (primary N) is 1. The van der Waals surface area contributed by atoms with Gasteiger partial charge in [-0.15, -0.1) is 0 Å². The van der Waals surface area contributed by atoms with Crippen molar-refractivity contribution in [2.45, 2.75) is 0 Å². The predicted molar refractivity (Wildman–Crippen MR) is 73.7 cm³/mol. The number of hydrogen-bond donors (Lipinski definition) is 1. The van der Waals surface area contributed by atoms with E-state index in [2.05, 4.69) is 15.2 Å². The number of ether oxygens (including phenoxy) is 1. The molecular weight excluding hydrogens is 240 g/mol. The first-order chi connectivity index (χ1) is 9.29. The van der Waals surface area contributed by atoms with Gasteiger partial charge in [0.1, 0.15) is 0 Å². The van der Waals surface area contributed by atoms with Crippen LogP contribution in [0.2, 0.25) is 0 Å². The van der Waals surface area contributed by atoms with Crippen molar-refractivity contribution in [3.8, 4) is 17.0 Å². The Morgan fingerprint density at radius 2 is 2.00 bits per heavy atom. The SMILES string of the molecule is COc1ncc(-c2cnnc3ccccc23)cc1N. The number of fused-ring (bicyclic) bond motifs is 1. The summed E-state index contributed by atoms with van der Waals surface area (Å²) in [5.41, 5.74) is 9.08. The van der Waals surface area contributed by atoms with Crippen molar-refractivity contribution in [1.82, 2.24) is 15.2 Å². The first-order valence-corrected chi connectivity index (χ1v) is 5.80. The van der Waals surface area contributed by atoms with Crippen LogP contribution in [0.4, 0.5) is 5.69 Å². The van der Waals surface area contributed by atoms with Crippen molar-refractivity contribution in [2.24, 2.45) is 0 Å². The van der Waals surface area contributed by atoms with Gasteiger partial charge in [-0.05, 0) is 12.1 Å². The molecule has 0 saturated carbocycles. The summed E-state index contributed by atoms with van der Waals surface area (Å²) in [4.78, 5) is 4.18. The molecule has 94 valence electrons. The normalized spacial score (nSPS) is 10.6. The summed E-state index contributed by atoms with van der Waals surface area (Å²) in [5, 5.41) is 9.13. The predicted octanol–water partition coefficient (Wildman–Crippen LogP) is 2.28. The minimum Gasteiger partial charge on any atom is -0.480 e. The fourth-order valence-electron chi connectivity index (χ4n) is 2.02. The number of hydrogen-bond acceptors (Lipinski definition) is 5. The van der Waals surface area contributed by atoms with Crippen LogP contribution in [-0.4, -0.2) is 22.3 Å². The molecule has 0 spiro atoms. The van der Waals surface area contributed by atoms with Gasteiger partial charge in [0.25, 0.3) is 0 Å². The van der Waals surface area contributed by atoms with E-state index in [0.29, 0.717) is 11.6 Å². The standard InChI is InChI=1S/C14H12N4O/c1-19-14-12(15)6-9(7-16-14)11-8-17-18-13-5-3-2-4-10(11)13/h2-8H,15H2,1H3. The summed E-state index contributed by atoms with van der Waals surface area (Å²) in [6.07, 6.45) is 3.43. The number of rotatable bonds is 2. The van der Waals surface area contributed by atoms with Crippen LogP contribution in [0.3, 0.4) is 0 Å². The van der Waals surface area contributed by atoms with E-state index < -0.39 is 0 Å². The van der Waals surface area contributed by atoms with Gasteiger partial charge in [0.15, 0.2) is 0 Å². The first-order valence-electron chi connectivity index (χ1n) is 5.80. The number of nitrogen functional groups attached to an aromatic ring is 1.